The van der Waals surface area contributed by atoms with Gasteiger partial charge in [0.1, 0.15) is 0 Å². The van der Waals surface area contributed by atoms with Crippen molar-refractivity contribution in [2.75, 3.05) is 7.11 Å². The van der Waals surface area contributed by atoms with Crippen molar-refractivity contribution in [3.05, 3.63) is 34.9 Å². The molecule has 0 bridgehead atoms. The summed E-state index contributed by atoms with van der Waals surface area (Å²) in [6, 6.07) is 6.83. The van der Waals surface area contributed by atoms with Crippen LogP contribution in [-0.2, 0) is 4.74 Å². The summed E-state index contributed by atoms with van der Waals surface area (Å²) in [5.74, 6) is 0.680. The molecule has 25 heavy (non-hydrogen) atoms. The lowest BCUT2D eigenvalue weighted by atomic mass is 9.69. The SMILES string of the molecule is COC1CCC(C)(C(=NC#N)c2cc(C3CCCC3)ccc2C)CC1. The van der Waals surface area contributed by atoms with Crippen molar-refractivity contribution in [1.82, 2.24) is 0 Å². The number of aliphatic imine (C=N–C) groups is 1. The van der Waals surface area contributed by atoms with Crippen LogP contribution in [0.4, 0.5) is 0 Å². The van der Waals surface area contributed by atoms with Crippen LogP contribution in [0.5, 0.6) is 0 Å². The molecule has 0 amide bonds. The molecule has 0 saturated heterocycles. The van der Waals surface area contributed by atoms with E-state index in [1.54, 1.807) is 7.11 Å². The van der Waals surface area contributed by atoms with E-state index < -0.39 is 0 Å². The minimum absolute atomic E-state index is 0.0379. The van der Waals surface area contributed by atoms with Crippen LogP contribution in [-0.4, -0.2) is 18.9 Å². The lowest BCUT2D eigenvalue weighted by molar-refractivity contribution is 0.0495. The fourth-order valence-corrected chi connectivity index (χ4v) is 4.68. The Balaban J connectivity index is 1.94. The Bertz CT molecular complexity index is 672. The number of hydrogen-bond donors (Lipinski definition) is 0. The molecule has 0 unspecified atom stereocenters. The predicted molar refractivity (Wildman–Crippen MR) is 102 cm³/mol. The fraction of sp³-hybridized carbons (Fsp3) is 0.636. The van der Waals surface area contributed by atoms with Crippen LogP contribution in [0, 0.1) is 23.8 Å². The second-order valence-electron chi connectivity index (χ2n) is 8.11. The first-order chi connectivity index (χ1) is 12.1. The largest absolute Gasteiger partial charge is 0.381 e. The number of ether oxygens (including phenoxy) is 1. The van der Waals surface area contributed by atoms with Crippen LogP contribution in [0.2, 0.25) is 0 Å². The molecule has 2 aliphatic carbocycles. The lowest BCUT2D eigenvalue weighted by Gasteiger charge is -2.38. The Morgan fingerprint density at radius 1 is 1.20 bits per heavy atom. The summed E-state index contributed by atoms with van der Waals surface area (Å²) < 4.78 is 5.54. The average Bonchev–Trinajstić information content (AvgIpc) is 3.16. The summed E-state index contributed by atoms with van der Waals surface area (Å²) in [6.45, 7) is 4.42. The third kappa shape index (κ3) is 3.80. The van der Waals surface area contributed by atoms with Gasteiger partial charge >= 0.3 is 0 Å². The lowest BCUT2D eigenvalue weighted by Crippen LogP contribution is -2.36. The van der Waals surface area contributed by atoms with Gasteiger partial charge in [-0.2, -0.15) is 10.3 Å². The Labute approximate surface area is 152 Å². The van der Waals surface area contributed by atoms with Crippen LogP contribution >= 0.6 is 0 Å². The van der Waals surface area contributed by atoms with E-state index in [1.165, 1.54) is 42.4 Å². The van der Waals surface area contributed by atoms with Gasteiger partial charge in [0, 0.05) is 18.1 Å². The zero-order valence-electron chi connectivity index (χ0n) is 15.8. The minimum Gasteiger partial charge on any atom is -0.381 e. The molecule has 134 valence electrons. The number of hydrogen-bond acceptors (Lipinski definition) is 3. The molecular weight excluding hydrogens is 308 g/mol. The Morgan fingerprint density at radius 2 is 1.88 bits per heavy atom. The van der Waals surface area contributed by atoms with Crippen LogP contribution < -0.4 is 0 Å². The van der Waals surface area contributed by atoms with Crippen molar-refractivity contribution in [1.29, 1.82) is 5.26 Å². The second-order valence-corrected chi connectivity index (χ2v) is 8.11. The monoisotopic (exact) mass is 338 g/mol. The molecule has 3 heteroatoms. The summed E-state index contributed by atoms with van der Waals surface area (Å²) in [6.07, 6.45) is 11.8. The molecule has 3 rings (SSSR count). The normalized spacial score (nSPS) is 28.1. The molecule has 2 fully saturated rings. The van der Waals surface area contributed by atoms with Crippen LogP contribution in [0.3, 0.4) is 0 Å². The molecule has 1 aromatic rings. The van der Waals surface area contributed by atoms with Gasteiger partial charge < -0.3 is 4.74 Å². The van der Waals surface area contributed by atoms with E-state index in [4.69, 9.17) is 4.74 Å². The van der Waals surface area contributed by atoms with Gasteiger partial charge in [-0.3, -0.25) is 0 Å². The van der Waals surface area contributed by atoms with Gasteiger partial charge in [0.05, 0.1) is 11.8 Å². The summed E-state index contributed by atoms with van der Waals surface area (Å²) in [4.78, 5) is 4.35. The van der Waals surface area contributed by atoms with E-state index in [1.807, 2.05) is 0 Å². The molecule has 2 saturated carbocycles. The number of aryl methyl sites for hydroxylation is 1. The molecule has 0 radical (unpaired) electrons. The van der Waals surface area contributed by atoms with Gasteiger partial charge in [0.15, 0.2) is 0 Å². The first-order valence-electron chi connectivity index (χ1n) is 9.68. The van der Waals surface area contributed by atoms with Crippen molar-refractivity contribution >= 4 is 5.71 Å². The zero-order valence-corrected chi connectivity index (χ0v) is 15.8. The maximum Gasteiger partial charge on any atom is 0.205 e. The Kier molecular flexibility index (Phi) is 5.59. The highest BCUT2D eigenvalue weighted by Crippen LogP contribution is 2.42. The van der Waals surface area contributed by atoms with Crippen molar-refractivity contribution in [3.8, 4) is 6.19 Å². The van der Waals surface area contributed by atoms with E-state index in [-0.39, 0.29) is 5.41 Å². The standard InChI is InChI=1S/C22H30N2O/c1-16-8-9-18(17-6-4-5-7-17)14-20(16)21(24-15-23)22(2)12-10-19(25-3)11-13-22/h8-9,14,17,19H,4-7,10-13H2,1-3H3. The molecule has 1 aromatic carbocycles. The first kappa shape index (κ1) is 18.1. The van der Waals surface area contributed by atoms with Crippen molar-refractivity contribution in [2.24, 2.45) is 10.4 Å². The molecule has 2 aliphatic rings. The van der Waals surface area contributed by atoms with Gasteiger partial charge in [0.2, 0.25) is 6.19 Å². The third-order valence-corrected chi connectivity index (χ3v) is 6.45. The van der Waals surface area contributed by atoms with E-state index in [0.717, 1.165) is 31.4 Å². The quantitative estimate of drug-likeness (QED) is 0.536. The molecule has 0 heterocycles. The summed E-state index contributed by atoms with van der Waals surface area (Å²) >= 11 is 0. The fourth-order valence-electron chi connectivity index (χ4n) is 4.68. The smallest absolute Gasteiger partial charge is 0.205 e. The average molecular weight is 338 g/mol. The van der Waals surface area contributed by atoms with Crippen LogP contribution in [0.15, 0.2) is 23.2 Å². The van der Waals surface area contributed by atoms with Gasteiger partial charge in [-0.05, 0) is 68.6 Å². The van der Waals surface area contributed by atoms with Crippen LogP contribution in [0.1, 0.15) is 80.9 Å². The highest BCUT2D eigenvalue weighted by atomic mass is 16.5. The topological polar surface area (TPSA) is 45.4 Å². The minimum atomic E-state index is -0.0379. The molecule has 0 atom stereocenters. The highest BCUT2D eigenvalue weighted by Gasteiger charge is 2.37. The summed E-state index contributed by atoms with van der Waals surface area (Å²) in [5.41, 5.74) is 4.79. The summed E-state index contributed by atoms with van der Waals surface area (Å²) in [5, 5.41) is 9.35. The number of benzene rings is 1. The molecule has 0 aromatic heterocycles. The van der Waals surface area contributed by atoms with E-state index in [2.05, 4.69) is 43.2 Å². The van der Waals surface area contributed by atoms with E-state index in [9.17, 15) is 5.26 Å². The zero-order chi connectivity index (χ0) is 17.9. The van der Waals surface area contributed by atoms with Crippen LogP contribution in [0.25, 0.3) is 0 Å². The van der Waals surface area contributed by atoms with Crippen molar-refractivity contribution in [2.45, 2.75) is 77.2 Å². The Morgan fingerprint density at radius 3 is 2.48 bits per heavy atom. The highest BCUT2D eigenvalue weighted by molar-refractivity contribution is 6.06. The first-order valence-corrected chi connectivity index (χ1v) is 9.68. The number of rotatable bonds is 4. The van der Waals surface area contributed by atoms with E-state index in [0.29, 0.717) is 12.0 Å². The predicted octanol–water partition coefficient (Wildman–Crippen LogP) is 5.52. The molecule has 3 nitrogen and oxygen atoms in total. The van der Waals surface area contributed by atoms with E-state index >= 15 is 0 Å². The van der Waals surface area contributed by atoms with Crippen molar-refractivity contribution < 1.29 is 4.74 Å². The molecule has 0 N–H and O–H groups in total. The Hall–Kier alpha value is -1.66. The number of methoxy groups -OCH3 is 1. The number of nitriles is 1. The third-order valence-electron chi connectivity index (χ3n) is 6.45. The van der Waals surface area contributed by atoms with Gasteiger partial charge in [-0.25, -0.2) is 0 Å². The van der Waals surface area contributed by atoms with Gasteiger partial charge in [0.25, 0.3) is 0 Å². The molecule has 0 spiro atoms. The molecular formula is C22H30N2O. The van der Waals surface area contributed by atoms with Gasteiger partial charge in [-0.15, -0.1) is 0 Å². The number of nitrogens with zero attached hydrogens (tertiary/aromatic N) is 2. The van der Waals surface area contributed by atoms with Gasteiger partial charge in [-0.1, -0.05) is 31.9 Å². The maximum absolute atomic E-state index is 9.35. The second kappa shape index (κ2) is 7.70. The molecule has 0 aliphatic heterocycles. The summed E-state index contributed by atoms with van der Waals surface area (Å²) in [7, 11) is 1.80. The maximum atomic E-state index is 9.35. The van der Waals surface area contributed by atoms with Crippen molar-refractivity contribution in [3.63, 3.8) is 0 Å².